The van der Waals surface area contributed by atoms with Gasteiger partial charge in [-0.2, -0.15) is 0 Å². The molecular formula is C14H20BrNO3S. The molecule has 4 nitrogen and oxygen atoms in total. The maximum absolute atomic E-state index is 11.9. The molecule has 0 spiro atoms. The van der Waals surface area contributed by atoms with Gasteiger partial charge < -0.3 is 14.8 Å². The number of benzene rings is 1. The minimum Gasteiger partial charge on any atom is -0.382 e. The molecule has 1 aromatic carbocycles. The molecule has 0 atom stereocenters. The molecule has 1 rings (SSSR count). The van der Waals surface area contributed by atoms with E-state index in [4.69, 9.17) is 9.47 Å². The van der Waals surface area contributed by atoms with Gasteiger partial charge in [0.1, 0.15) is 0 Å². The van der Waals surface area contributed by atoms with E-state index in [1.54, 1.807) is 13.2 Å². The summed E-state index contributed by atoms with van der Waals surface area (Å²) in [4.78, 5) is 12.6. The van der Waals surface area contributed by atoms with Crippen molar-refractivity contribution >= 4 is 34.5 Å². The van der Waals surface area contributed by atoms with Gasteiger partial charge in [-0.25, -0.2) is 0 Å². The molecular weight excluding hydrogens is 342 g/mol. The SMILES string of the molecule is COCCOCCCCNC(=O)c1ccc(Br)cc1S. The third-order valence-corrected chi connectivity index (χ3v) is 3.50. The highest BCUT2D eigenvalue weighted by Gasteiger charge is 2.08. The van der Waals surface area contributed by atoms with Gasteiger partial charge in [0.2, 0.25) is 0 Å². The molecule has 0 saturated carbocycles. The summed E-state index contributed by atoms with van der Waals surface area (Å²) < 4.78 is 11.1. The average molecular weight is 362 g/mol. The zero-order chi connectivity index (χ0) is 14.8. The molecule has 0 aliphatic carbocycles. The van der Waals surface area contributed by atoms with Crippen molar-refractivity contribution in [1.29, 1.82) is 0 Å². The van der Waals surface area contributed by atoms with Crippen LogP contribution in [0.1, 0.15) is 23.2 Å². The Morgan fingerprint density at radius 3 is 2.80 bits per heavy atom. The van der Waals surface area contributed by atoms with Crippen LogP contribution in [0.5, 0.6) is 0 Å². The highest BCUT2D eigenvalue weighted by molar-refractivity contribution is 9.10. The lowest BCUT2D eigenvalue weighted by atomic mass is 10.2. The van der Waals surface area contributed by atoms with Gasteiger partial charge >= 0.3 is 0 Å². The van der Waals surface area contributed by atoms with Crippen molar-refractivity contribution in [2.45, 2.75) is 17.7 Å². The first-order chi connectivity index (χ1) is 9.65. The molecule has 0 bridgehead atoms. The van der Waals surface area contributed by atoms with Crippen molar-refractivity contribution in [1.82, 2.24) is 5.32 Å². The Labute approximate surface area is 133 Å². The van der Waals surface area contributed by atoms with Gasteiger partial charge in [0.25, 0.3) is 5.91 Å². The number of hydrogen-bond donors (Lipinski definition) is 2. The fourth-order valence-electron chi connectivity index (χ4n) is 1.57. The smallest absolute Gasteiger partial charge is 0.252 e. The monoisotopic (exact) mass is 361 g/mol. The zero-order valence-corrected chi connectivity index (χ0v) is 14.0. The Kier molecular flexibility index (Phi) is 8.93. The van der Waals surface area contributed by atoms with E-state index in [0.717, 1.165) is 17.3 Å². The normalized spacial score (nSPS) is 10.6. The van der Waals surface area contributed by atoms with E-state index >= 15 is 0 Å². The quantitative estimate of drug-likeness (QED) is 0.525. The largest absolute Gasteiger partial charge is 0.382 e. The van der Waals surface area contributed by atoms with Crippen LogP contribution in [0, 0.1) is 0 Å². The maximum Gasteiger partial charge on any atom is 0.252 e. The standard InChI is InChI=1S/C14H20BrNO3S/c1-18-8-9-19-7-3-2-6-16-14(17)12-5-4-11(15)10-13(12)20/h4-5,10,20H,2-3,6-9H2,1H3,(H,16,17). The number of nitrogens with one attached hydrogen (secondary N) is 1. The molecule has 0 aromatic heterocycles. The average Bonchev–Trinajstić information content (AvgIpc) is 2.41. The number of thiol groups is 1. The second-order valence-corrected chi connectivity index (χ2v) is 5.63. The van der Waals surface area contributed by atoms with Gasteiger partial charge in [0, 0.05) is 29.6 Å². The van der Waals surface area contributed by atoms with E-state index < -0.39 is 0 Å². The van der Waals surface area contributed by atoms with Crippen LogP contribution in [-0.2, 0) is 9.47 Å². The minimum absolute atomic E-state index is 0.0946. The summed E-state index contributed by atoms with van der Waals surface area (Å²) in [6.45, 7) is 2.56. The second kappa shape index (κ2) is 10.2. The Bertz CT molecular complexity index is 429. The molecule has 0 aliphatic rings. The number of rotatable bonds is 9. The predicted octanol–water partition coefficient (Wildman–Crippen LogP) is 2.91. The van der Waals surface area contributed by atoms with Crippen LogP contribution in [0.3, 0.4) is 0 Å². The zero-order valence-electron chi connectivity index (χ0n) is 11.5. The number of halogens is 1. The van der Waals surface area contributed by atoms with Crippen LogP contribution in [0.2, 0.25) is 0 Å². The fourth-order valence-corrected chi connectivity index (χ4v) is 2.42. The molecule has 1 aromatic rings. The van der Waals surface area contributed by atoms with Crippen molar-refractivity contribution in [2.75, 3.05) is 33.5 Å². The summed E-state index contributed by atoms with van der Waals surface area (Å²) in [7, 11) is 1.65. The topological polar surface area (TPSA) is 47.6 Å². The molecule has 20 heavy (non-hydrogen) atoms. The van der Waals surface area contributed by atoms with Crippen LogP contribution >= 0.6 is 28.6 Å². The van der Waals surface area contributed by atoms with Crippen LogP contribution < -0.4 is 5.32 Å². The number of carbonyl (C=O) groups excluding carboxylic acids is 1. The molecule has 6 heteroatoms. The molecule has 0 radical (unpaired) electrons. The lowest BCUT2D eigenvalue weighted by molar-refractivity contribution is 0.0686. The summed E-state index contributed by atoms with van der Waals surface area (Å²) in [6.07, 6.45) is 1.80. The summed E-state index contributed by atoms with van der Waals surface area (Å²) in [5, 5.41) is 2.88. The van der Waals surface area contributed by atoms with Crippen LogP contribution in [0.25, 0.3) is 0 Å². The van der Waals surface area contributed by atoms with Crippen molar-refractivity contribution in [3.8, 4) is 0 Å². The molecule has 1 N–H and O–H groups in total. The van der Waals surface area contributed by atoms with Gasteiger partial charge in [0.05, 0.1) is 18.8 Å². The third-order valence-electron chi connectivity index (χ3n) is 2.64. The van der Waals surface area contributed by atoms with E-state index in [1.807, 2.05) is 12.1 Å². The van der Waals surface area contributed by atoms with Crippen LogP contribution in [-0.4, -0.2) is 39.4 Å². The Morgan fingerprint density at radius 1 is 1.30 bits per heavy atom. The predicted molar refractivity (Wildman–Crippen MR) is 85.7 cm³/mol. The first-order valence-electron chi connectivity index (χ1n) is 6.48. The number of unbranched alkanes of at least 4 members (excludes halogenated alkanes) is 1. The molecule has 0 unspecified atom stereocenters. The summed E-state index contributed by atoms with van der Waals surface area (Å²) in [5.74, 6) is -0.0946. The number of carbonyl (C=O) groups is 1. The van der Waals surface area contributed by atoms with E-state index in [-0.39, 0.29) is 5.91 Å². The van der Waals surface area contributed by atoms with Gasteiger partial charge in [0.15, 0.2) is 0 Å². The van der Waals surface area contributed by atoms with Gasteiger partial charge in [-0.15, -0.1) is 12.6 Å². The van der Waals surface area contributed by atoms with E-state index in [0.29, 0.717) is 36.8 Å². The van der Waals surface area contributed by atoms with E-state index in [2.05, 4.69) is 33.9 Å². The summed E-state index contributed by atoms with van der Waals surface area (Å²) in [6, 6.07) is 5.40. The number of amides is 1. The number of ether oxygens (including phenoxy) is 2. The van der Waals surface area contributed by atoms with Crippen molar-refractivity contribution in [3.05, 3.63) is 28.2 Å². The summed E-state index contributed by atoms with van der Waals surface area (Å²) in [5.41, 5.74) is 0.591. The second-order valence-electron chi connectivity index (χ2n) is 4.23. The molecule has 112 valence electrons. The fraction of sp³-hybridized carbons (Fsp3) is 0.500. The van der Waals surface area contributed by atoms with Gasteiger partial charge in [-0.3, -0.25) is 4.79 Å². The number of methoxy groups -OCH3 is 1. The van der Waals surface area contributed by atoms with Crippen LogP contribution in [0.4, 0.5) is 0 Å². The van der Waals surface area contributed by atoms with Crippen molar-refractivity contribution < 1.29 is 14.3 Å². The Hall–Kier alpha value is -0.560. The maximum atomic E-state index is 11.9. The molecule has 0 aliphatic heterocycles. The lowest BCUT2D eigenvalue weighted by Gasteiger charge is -2.08. The van der Waals surface area contributed by atoms with Crippen molar-refractivity contribution in [2.24, 2.45) is 0 Å². The third kappa shape index (κ3) is 6.74. The first kappa shape index (κ1) is 17.5. The molecule has 0 saturated heterocycles. The Morgan fingerprint density at radius 2 is 2.10 bits per heavy atom. The molecule has 0 fully saturated rings. The Balaban J connectivity index is 2.17. The first-order valence-corrected chi connectivity index (χ1v) is 7.72. The van der Waals surface area contributed by atoms with E-state index in [1.165, 1.54) is 0 Å². The highest BCUT2D eigenvalue weighted by atomic mass is 79.9. The number of hydrogen-bond acceptors (Lipinski definition) is 4. The van der Waals surface area contributed by atoms with Crippen molar-refractivity contribution in [3.63, 3.8) is 0 Å². The molecule has 1 amide bonds. The van der Waals surface area contributed by atoms with Gasteiger partial charge in [-0.05, 0) is 31.0 Å². The van der Waals surface area contributed by atoms with Crippen LogP contribution in [0.15, 0.2) is 27.6 Å². The lowest BCUT2D eigenvalue weighted by Crippen LogP contribution is -2.25. The summed E-state index contributed by atoms with van der Waals surface area (Å²) >= 11 is 7.64. The molecule has 0 heterocycles. The van der Waals surface area contributed by atoms with E-state index in [9.17, 15) is 4.79 Å². The minimum atomic E-state index is -0.0946. The highest BCUT2D eigenvalue weighted by Crippen LogP contribution is 2.19. The van der Waals surface area contributed by atoms with Gasteiger partial charge in [-0.1, -0.05) is 15.9 Å².